The van der Waals surface area contributed by atoms with Crippen molar-refractivity contribution in [2.75, 3.05) is 26.2 Å². The molecule has 1 N–H and O–H groups in total. The standard InChI is InChI=1S/C13H20BrNO2/c14-13-6-5-12(17-13)11(10-16)9-15-7-3-1-2-4-8-15/h5-6,11,16H,1-4,7-10H2. The molecule has 1 aromatic heterocycles. The minimum atomic E-state index is 0.0967. The number of aliphatic hydroxyl groups is 1. The van der Waals surface area contributed by atoms with E-state index >= 15 is 0 Å². The van der Waals surface area contributed by atoms with Gasteiger partial charge < -0.3 is 14.4 Å². The molecular formula is C13H20BrNO2. The first-order valence-electron chi connectivity index (χ1n) is 6.38. The third-order valence-corrected chi connectivity index (χ3v) is 3.82. The van der Waals surface area contributed by atoms with Crippen molar-refractivity contribution in [2.24, 2.45) is 0 Å². The van der Waals surface area contributed by atoms with Crippen molar-refractivity contribution in [1.82, 2.24) is 4.90 Å². The number of rotatable bonds is 4. The van der Waals surface area contributed by atoms with Crippen LogP contribution in [0.1, 0.15) is 37.4 Å². The lowest BCUT2D eigenvalue weighted by atomic mass is 10.1. The van der Waals surface area contributed by atoms with Crippen LogP contribution in [0.2, 0.25) is 0 Å². The number of hydrogen-bond acceptors (Lipinski definition) is 3. The molecule has 1 aromatic rings. The van der Waals surface area contributed by atoms with Crippen molar-refractivity contribution in [3.63, 3.8) is 0 Å². The number of halogens is 1. The second kappa shape index (κ2) is 6.57. The quantitative estimate of drug-likeness (QED) is 0.929. The Morgan fingerprint density at radius 1 is 1.24 bits per heavy atom. The lowest BCUT2D eigenvalue weighted by Gasteiger charge is -2.23. The van der Waals surface area contributed by atoms with E-state index in [1.807, 2.05) is 12.1 Å². The number of likely N-dealkylation sites (tertiary alicyclic amines) is 1. The molecular weight excluding hydrogens is 282 g/mol. The van der Waals surface area contributed by atoms with E-state index in [-0.39, 0.29) is 12.5 Å². The average molecular weight is 302 g/mol. The summed E-state index contributed by atoms with van der Waals surface area (Å²) in [5.41, 5.74) is 0. The predicted octanol–water partition coefficient (Wildman–Crippen LogP) is 2.99. The number of furan rings is 1. The fourth-order valence-corrected chi connectivity index (χ4v) is 2.73. The molecule has 1 aliphatic rings. The molecule has 0 saturated carbocycles. The molecule has 1 atom stereocenters. The molecule has 96 valence electrons. The summed E-state index contributed by atoms with van der Waals surface area (Å²) in [7, 11) is 0. The second-order valence-corrected chi connectivity index (χ2v) is 5.52. The topological polar surface area (TPSA) is 36.6 Å². The van der Waals surface area contributed by atoms with E-state index in [1.54, 1.807) is 0 Å². The van der Waals surface area contributed by atoms with Crippen LogP contribution in [-0.2, 0) is 0 Å². The number of aliphatic hydroxyl groups excluding tert-OH is 1. The third-order valence-electron chi connectivity index (χ3n) is 3.39. The highest BCUT2D eigenvalue weighted by molar-refractivity contribution is 9.10. The highest BCUT2D eigenvalue weighted by Crippen LogP contribution is 2.23. The molecule has 17 heavy (non-hydrogen) atoms. The molecule has 1 unspecified atom stereocenters. The molecule has 4 heteroatoms. The van der Waals surface area contributed by atoms with Gasteiger partial charge in [0.05, 0.1) is 12.5 Å². The summed E-state index contributed by atoms with van der Waals surface area (Å²) in [4.78, 5) is 2.45. The monoisotopic (exact) mass is 301 g/mol. The molecule has 0 bridgehead atoms. The Balaban J connectivity index is 1.94. The van der Waals surface area contributed by atoms with Gasteiger partial charge in [-0.1, -0.05) is 12.8 Å². The van der Waals surface area contributed by atoms with E-state index in [9.17, 15) is 5.11 Å². The van der Waals surface area contributed by atoms with Crippen molar-refractivity contribution in [2.45, 2.75) is 31.6 Å². The van der Waals surface area contributed by atoms with Crippen molar-refractivity contribution < 1.29 is 9.52 Å². The SMILES string of the molecule is OCC(CN1CCCCCC1)c1ccc(Br)o1. The van der Waals surface area contributed by atoms with Crippen LogP contribution in [0.4, 0.5) is 0 Å². The molecule has 0 spiro atoms. The van der Waals surface area contributed by atoms with Crippen LogP contribution in [0.25, 0.3) is 0 Å². The summed E-state index contributed by atoms with van der Waals surface area (Å²) in [5.74, 6) is 0.975. The molecule has 0 aromatic carbocycles. The average Bonchev–Trinajstić information content (AvgIpc) is 2.62. The molecule has 0 aliphatic carbocycles. The van der Waals surface area contributed by atoms with Crippen LogP contribution in [0.5, 0.6) is 0 Å². The highest BCUT2D eigenvalue weighted by atomic mass is 79.9. The molecule has 2 rings (SSSR count). The zero-order valence-electron chi connectivity index (χ0n) is 10.1. The third kappa shape index (κ3) is 3.83. The lowest BCUT2D eigenvalue weighted by molar-refractivity contribution is 0.189. The summed E-state index contributed by atoms with van der Waals surface area (Å²) >= 11 is 3.31. The van der Waals surface area contributed by atoms with E-state index in [1.165, 1.54) is 25.7 Å². The van der Waals surface area contributed by atoms with Crippen LogP contribution in [-0.4, -0.2) is 36.2 Å². The molecule has 2 heterocycles. The Morgan fingerprint density at radius 3 is 2.47 bits per heavy atom. The smallest absolute Gasteiger partial charge is 0.169 e. The lowest BCUT2D eigenvalue weighted by Crippen LogP contribution is -2.30. The van der Waals surface area contributed by atoms with Crippen LogP contribution in [0, 0.1) is 0 Å². The Labute approximate surface area is 111 Å². The predicted molar refractivity (Wildman–Crippen MR) is 71.1 cm³/mol. The summed E-state index contributed by atoms with van der Waals surface area (Å²) < 4.78 is 6.28. The van der Waals surface area contributed by atoms with Crippen LogP contribution in [0.3, 0.4) is 0 Å². The van der Waals surface area contributed by atoms with Crippen molar-refractivity contribution in [3.05, 3.63) is 22.6 Å². The normalized spacial score (nSPS) is 20.1. The highest BCUT2D eigenvalue weighted by Gasteiger charge is 2.19. The number of hydrogen-bond donors (Lipinski definition) is 1. The molecule has 0 radical (unpaired) electrons. The zero-order valence-corrected chi connectivity index (χ0v) is 11.7. The summed E-state index contributed by atoms with van der Waals surface area (Å²) in [6, 6.07) is 3.84. The molecule has 0 amide bonds. The Kier molecular flexibility index (Phi) is 5.07. The van der Waals surface area contributed by atoms with Gasteiger partial charge in [0.15, 0.2) is 4.67 Å². The first kappa shape index (κ1) is 13.1. The zero-order chi connectivity index (χ0) is 12.1. The van der Waals surface area contributed by atoms with Crippen molar-refractivity contribution in [3.8, 4) is 0 Å². The fraction of sp³-hybridized carbons (Fsp3) is 0.692. The van der Waals surface area contributed by atoms with Crippen LogP contribution in [0.15, 0.2) is 21.2 Å². The maximum atomic E-state index is 9.49. The molecule has 3 nitrogen and oxygen atoms in total. The van der Waals surface area contributed by atoms with Gasteiger partial charge in [0.1, 0.15) is 5.76 Å². The summed E-state index contributed by atoms with van der Waals surface area (Å²) in [6.07, 6.45) is 5.24. The van der Waals surface area contributed by atoms with Crippen LogP contribution < -0.4 is 0 Å². The first-order chi connectivity index (χ1) is 8.29. The summed E-state index contributed by atoms with van der Waals surface area (Å²) in [5, 5.41) is 9.49. The fourth-order valence-electron chi connectivity index (χ4n) is 2.42. The molecule has 1 aliphatic heterocycles. The minimum Gasteiger partial charge on any atom is -0.454 e. The van der Waals surface area contributed by atoms with Gasteiger partial charge in [0.2, 0.25) is 0 Å². The van der Waals surface area contributed by atoms with E-state index in [2.05, 4.69) is 20.8 Å². The van der Waals surface area contributed by atoms with Crippen molar-refractivity contribution in [1.29, 1.82) is 0 Å². The van der Waals surface area contributed by atoms with Gasteiger partial charge in [0.25, 0.3) is 0 Å². The minimum absolute atomic E-state index is 0.0967. The van der Waals surface area contributed by atoms with Gasteiger partial charge in [-0.05, 0) is 54.0 Å². The Bertz CT molecular complexity index is 332. The Morgan fingerprint density at radius 2 is 1.94 bits per heavy atom. The Hall–Kier alpha value is -0.320. The first-order valence-corrected chi connectivity index (χ1v) is 7.17. The van der Waals surface area contributed by atoms with Gasteiger partial charge in [-0.2, -0.15) is 0 Å². The van der Waals surface area contributed by atoms with Gasteiger partial charge in [-0.25, -0.2) is 0 Å². The van der Waals surface area contributed by atoms with E-state index in [0.717, 1.165) is 30.1 Å². The van der Waals surface area contributed by atoms with E-state index < -0.39 is 0 Å². The molecule has 1 saturated heterocycles. The van der Waals surface area contributed by atoms with Crippen LogP contribution >= 0.6 is 15.9 Å². The molecule has 1 fully saturated rings. The van der Waals surface area contributed by atoms with Gasteiger partial charge in [-0.3, -0.25) is 0 Å². The van der Waals surface area contributed by atoms with E-state index in [0.29, 0.717) is 0 Å². The van der Waals surface area contributed by atoms with E-state index in [4.69, 9.17) is 4.42 Å². The maximum absolute atomic E-state index is 9.49. The number of nitrogens with zero attached hydrogens (tertiary/aromatic N) is 1. The maximum Gasteiger partial charge on any atom is 0.169 e. The van der Waals surface area contributed by atoms with Crippen molar-refractivity contribution >= 4 is 15.9 Å². The summed E-state index contributed by atoms with van der Waals surface area (Å²) in [6.45, 7) is 3.35. The van der Waals surface area contributed by atoms with Gasteiger partial charge in [0, 0.05) is 6.54 Å². The second-order valence-electron chi connectivity index (χ2n) is 4.74. The van der Waals surface area contributed by atoms with Gasteiger partial charge in [-0.15, -0.1) is 0 Å². The van der Waals surface area contributed by atoms with Gasteiger partial charge >= 0.3 is 0 Å². The largest absolute Gasteiger partial charge is 0.454 e.